The summed E-state index contributed by atoms with van der Waals surface area (Å²) in [6, 6.07) is 1.80. The van der Waals surface area contributed by atoms with Crippen molar-refractivity contribution in [2.75, 3.05) is 6.54 Å². The molecule has 1 aliphatic heterocycles. The van der Waals surface area contributed by atoms with E-state index in [9.17, 15) is 14.7 Å². The molecule has 1 aliphatic rings. The molecule has 1 aromatic heterocycles. The van der Waals surface area contributed by atoms with E-state index >= 15 is 0 Å². The summed E-state index contributed by atoms with van der Waals surface area (Å²) in [6.45, 7) is 2.12. The molecule has 92 valence electrons. The van der Waals surface area contributed by atoms with Crippen LogP contribution in [0.1, 0.15) is 29.4 Å². The van der Waals surface area contributed by atoms with Crippen molar-refractivity contribution in [2.45, 2.75) is 25.3 Å². The number of nitrogens with zero attached hydrogens (tertiary/aromatic N) is 1. The Morgan fingerprint density at radius 2 is 2.29 bits per heavy atom. The van der Waals surface area contributed by atoms with E-state index in [2.05, 4.69) is 15.9 Å². The van der Waals surface area contributed by atoms with Crippen molar-refractivity contribution < 1.29 is 14.7 Å². The number of hydrogen-bond acceptors (Lipinski definition) is 3. The predicted molar refractivity (Wildman–Crippen MR) is 68.3 cm³/mol. The van der Waals surface area contributed by atoms with Gasteiger partial charge in [0.05, 0.1) is 0 Å². The largest absolute Gasteiger partial charge is 0.480 e. The minimum absolute atomic E-state index is 0.200. The molecule has 1 fully saturated rings. The van der Waals surface area contributed by atoms with Crippen molar-refractivity contribution in [3.8, 4) is 0 Å². The molecule has 1 amide bonds. The van der Waals surface area contributed by atoms with Gasteiger partial charge in [-0.25, -0.2) is 4.79 Å². The molecule has 0 saturated carbocycles. The van der Waals surface area contributed by atoms with E-state index in [1.54, 1.807) is 13.0 Å². The Balaban J connectivity index is 2.32. The zero-order valence-corrected chi connectivity index (χ0v) is 11.7. The van der Waals surface area contributed by atoms with Gasteiger partial charge >= 0.3 is 5.97 Å². The number of carboxylic acid groups (broad SMARTS) is 1. The zero-order valence-electron chi connectivity index (χ0n) is 9.27. The summed E-state index contributed by atoms with van der Waals surface area (Å²) in [6.07, 6.45) is 1.24. The Morgan fingerprint density at radius 1 is 1.59 bits per heavy atom. The van der Waals surface area contributed by atoms with Crippen LogP contribution in [0.5, 0.6) is 0 Å². The first-order valence-electron chi connectivity index (χ1n) is 5.25. The first-order valence-corrected chi connectivity index (χ1v) is 6.92. The van der Waals surface area contributed by atoms with Gasteiger partial charge in [-0.05, 0) is 47.1 Å². The maximum Gasteiger partial charge on any atom is 0.329 e. The summed E-state index contributed by atoms with van der Waals surface area (Å²) in [5.74, 6) is -1.13. The maximum absolute atomic E-state index is 12.3. The fourth-order valence-corrected chi connectivity index (χ4v) is 3.57. The van der Waals surface area contributed by atoms with Crippen LogP contribution in [0, 0.1) is 0 Å². The van der Waals surface area contributed by atoms with Gasteiger partial charge in [-0.3, -0.25) is 4.79 Å². The molecule has 1 atom stereocenters. The lowest BCUT2D eigenvalue weighted by Crippen LogP contribution is -2.50. The summed E-state index contributed by atoms with van der Waals surface area (Å²) in [5.41, 5.74) is -1.07. The molecule has 0 radical (unpaired) electrons. The number of thiophene rings is 1. The first-order chi connectivity index (χ1) is 7.97. The van der Waals surface area contributed by atoms with Crippen LogP contribution in [0.15, 0.2) is 15.9 Å². The van der Waals surface area contributed by atoms with E-state index in [4.69, 9.17) is 0 Å². The van der Waals surface area contributed by atoms with Gasteiger partial charge in [0.1, 0.15) is 10.4 Å². The van der Waals surface area contributed by atoms with Gasteiger partial charge < -0.3 is 10.0 Å². The minimum Gasteiger partial charge on any atom is -0.480 e. The van der Waals surface area contributed by atoms with Gasteiger partial charge in [0.15, 0.2) is 0 Å². The third-order valence-corrected chi connectivity index (χ3v) is 4.98. The molecule has 1 unspecified atom stereocenters. The summed E-state index contributed by atoms with van der Waals surface area (Å²) in [4.78, 5) is 25.6. The molecule has 2 rings (SSSR count). The van der Waals surface area contributed by atoms with Gasteiger partial charge in [0, 0.05) is 11.0 Å². The SMILES string of the molecule is CC1(C(=O)O)CCCN1C(=O)c1sccc1Br. The average Bonchev–Trinajstić information content (AvgIpc) is 2.84. The van der Waals surface area contributed by atoms with Crippen molar-refractivity contribution in [3.63, 3.8) is 0 Å². The van der Waals surface area contributed by atoms with Crippen molar-refractivity contribution in [1.29, 1.82) is 0 Å². The molecule has 6 heteroatoms. The lowest BCUT2D eigenvalue weighted by atomic mass is 9.99. The molecule has 1 N–H and O–H groups in total. The molecule has 0 aromatic carbocycles. The van der Waals surface area contributed by atoms with E-state index < -0.39 is 11.5 Å². The number of carbonyl (C=O) groups is 2. The number of amides is 1. The normalized spacial score (nSPS) is 24.0. The predicted octanol–water partition coefficient (Wildman–Crippen LogP) is 2.59. The van der Waals surface area contributed by atoms with Crippen LogP contribution in [0.4, 0.5) is 0 Å². The number of halogens is 1. The number of hydrogen-bond donors (Lipinski definition) is 1. The highest BCUT2D eigenvalue weighted by Gasteiger charge is 2.46. The summed E-state index contributed by atoms with van der Waals surface area (Å²) < 4.78 is 0.729. The third-order valence-electron chi connectivity index (χ3n) is 3.16. The molecular formula is C11H12BrNO3S. The Hall–Kier alpha value is -0.880. The Morgan fingerprint density at radius 3 is 2.82 bits per heavy atom. The van der Waals surface area contributed by atoms with Gasteiger partial charge in [0.25, 0.3) is 5.91 Å². The second kappa shape index (κ2) is 4.42. The third kappa shape index (κ3) is 1.99. The highest BCUT2D eigenvalue weighted by Crippen LogP contribution is 2.33. The number of likely N-dealkylation sites (tertiary alicyclic amines) is 1. The topological polar surface area (TPSA) is 57.6 Å². The highest BCUT2D eigenvalue weighted by atomic mass is 79.9. The molecule has 1 saturated heterocycles. The van der Waals surface area contributed by atoms with Crippen LogP contribution in [0.25, 0.3) is 0 Å². The monoisotopic (exact) mass is 317 g/mol. The summed E-state index contributed by atoms with van der Waals surface area (Å²) >= 11 is 4.63. The summed E-state index contributed by atoms with van der Waals surface area (Å²) in [7, 11) is 0. The first kappa shape index (κ1) is 12.6. The van der Waals surface area contributed by atoms with Crippen LogP contribution in [-0.2, 0) is 4.79 Å². The smallest absolute Gasteiger partial charge is 0.329 e. The van der Waals surface area contributed by atoms with E-state index in [1.807, 2.05) is 5.38 Å². The van der Waals surface area contributed by atoms with E-state index in [-0.39, 0.29) is 5.91 Å². The van der Waals surface area contributed by atoms with Crippen molar-refractivity contribution >= 4 is 39.1 Å². The van der Waals surface area contributed by atoms with Gasteiger partial charge in [-0.1, -0.05) is 0 Å². The number of aliphatic carboxylic acids is 1. The Kier molecular flexibility index (Phi) is 3.27. The lowest BCUT2D eigenvalue weighted by Gasteiger charge is -2.30. The molecule has 0 aliphatic carbocycles. The average molecular weight is 318 g/mol. The zero-order chi connectivity index (χ0) is 12.6. The molecule has 0 bridgehead atoms. The summed E-state index contributed by atoms with van der Waals surface area (Å²) in [5, 5.41) is 11.1. The maximum atomic E-state index is 12.3. The highest BCUT2D eigenvalue weighted by molar-refractivity contribution is 9.10. The molecule has 4 nitrogen and oxygen atoms in total. The second-order valence-electron chi connectivity index (χ2n) is 4.24. The molecule has 1 aromatic rings. The molecule has 17 heavy (non-hydrogen) atoms. The van der Waals surface area contributed by atoms with Crippen LogP contribution in [-0.4, -0.2) is 34.0 Å². The van der Waals surface area contributed by atoms with Gasteiger partial charge in [0.2, 0.25) is 0 Å². The van der Waals surface area contributed by atoms with Crippen LogP contribution >= 0.6 is 27.3 Å². The number of carboxylic acids is 1. The van der Waals surface area contributed by atoms with E-state index in [0.29, 0.717) is 17.8 Å². The van der Waals surface area contributed by atoms with Crippen molar-refractivity contribution in [3.05, 3.63) is 20.8 Å². The number of rotatable bonds is 2. The lowest BCUT2D eigenvalue weighted by molar-refractivity contribution is -0.147. The minimum atomic E-state index is -1.07. The molecule has 0 spiro atoms. The van der Waals surface area contributed by atoms with Crippen LogP contribution < -0.4 is 0 Å². The fraction of sp³-hybridized carbons (Fsp3) is 0.455. The van der Waals surface area contributed by atoms with Crippen molar-refractivity contribution in [1.82, 2.24) is 4.90 Å². The van der Waals surface area contributed by atoms with Crippen LogP contribution in [0.2, 0.25) is 0 Å². The fourth-order valence-electron chi connectivity index (χ4n) is 2.08. The van der Waals surface area contributed by atoms with Crippen LogP contribution in [0.3, 0.4) is 0 Å². The van der Waals surface area contributed by atoms with Gasteiger partial charge in [-0.2, -0.15) is 0 Å². The molecule has 2 heterocycles. The molecular weight excluding hydrogens is 306 g/mol. The standard InChI is InChI=1S/C11H12BrNO3S/c1-11(10(15)16)4-2-5-13(11)9(14)8-7(12)3-6-17-8/h3,6H,2,4-5H2,1H3,(H,15,16). The second-order valence-corrected chi connectivity index (χ2v) is 6.01. The number of carbonyl (C=O) groups excluding carboxylic acids is 1. The van der Waals surface area contributed by atoms with E-state index in [0.717, 1.165) is 10.9 Å². The van der Waals surface area contributed by atoms with E-state index in [1.165, 1.54) is 16.2 Å². The van der Waals surface area contributed by atoms with Gasteiger partial charge in [-0.15, -0.1) is 11.3 Å². The van der Waals surface area contributed by atoms with Crippen molar-refractivity contribution in [2.24, 2.45) is 0 Å². The quantitative estimate of drug-likeness (QED) is 0.912. The Labute approximate surface area is 111 Å². The Bertz CT molecular complexity index is 473.